The minimum Gasteiger partial charge on any atom is -0.352 e. The van der Waals surface area contributed by atoms with Crippen molar-refractivity contribution in [3.8, 4) is 0 Å². The summed E-state index contributed by atoms with van der Waals surface area (Å²) in [7, 11) is -3.72. The maximum atomic E-state index is 13.3. The molecular formula is C17H23ClFN3O3S. The van der Waals surface area contributed by atoms with Crippen LogP contribution in [0.1, 0.15) is 19.8 Å². The van der Waals surface area contributed by atoms with Crippen molar-refractivity contribution in [2.24, 2.45) is 5.92 Å². The molecule has 2 aliphatic rings. The maximum Gasteiger partial charge on any atom is 0.243 e. The Kier molecular flexibility index (Phi) is 5.86. The van der Waals surface area contributed by atoms with Gasteiger partial charge in [0.25, 0.3) is 0 Å². The van der Waals surface area contributed by atoms with E-state index in [9.17, 15) is 17.6 Å². The minimum atomic E-state index is -3.72. The largest absolute Gasteiger partial charge is 0.352 e. The molecule has 1 amide bonds. The second-order valence-corrected chi connectivity index (χ2v) is 9.29. The zero-order valence-corrected chi connectivity index (χ0v) is 16.2. The summed E-state index contributed by atoms with van der Waals surface area (Å²) in [5.74, 6) is -0.0728. The zero-order chi connectivity index (χ0) is 18.9. The third kappa shape index (κ3) is 4.54. The molecule has 9 heteroatoms. The molecule has 1 saturated carbocycles. The lowest BCUT2D eigenvalue weighted by Crippen LogP contribution is -2.51. The fraction of sp³-hybridized carbons (Fsp3) is 0.588. The van der Waals surface area contributed by atoms with Crippen LogP contribution in [0.5, 0.6) is 0 Å². The van der Waals surface area contributed by atoms with Gasteiger partial charge in [0, 0.05) is 32.2 Å². The van der Waals surface area contributed by atoms with Gasteiger partial charge in [0.2, 0.25) is 15.9 Å². The quantitative estimate of drug-likeness (QED) is 0.784. The molecule has 0 aromatic heterocycles. The van der Waals surface area contributed by atoms with Gasteiger partial charge in [0.05, 0.1) is 16.5 Å². The molecule has 26 heavy (non-hydrogen) atoms. The van der Waals surface area contributed by atoms with Gasteiger partial charge in [0.1, 0.15) is 5.82 Å². The normalized spacial score (nSPS) is 20.7. The third-order valence-corrected chi connectivity index (χ3v) is 7.13. The molecule has 0 spiro atoms. The number of carbonyl (C=O) groups excluding carboxylic acids is 1. The first-order valence-corrected chi connectivity index (χ1v) is 10.6. The average molecular weight is 404 g/mol. The molecule has 6 nitrogen and oxygen atoms in total. The molecule has 1 saturated heterocycles. The number of halogens is 2. The topological polar surface area (TPSA) is 69.7 Å². The molecule has 1 aliphatic carbocycles. The van der Waals surface area contributed by atoms with Crippen molar-refractivity contribution in [2.45, 2.75) is 30.7 Å². The summed E-state index contributed by atoms with van der Waals surface area (Å²) in [6.07, 6.45) is 2.34. The van der Waals surface area contributed by atoms with Crippen molar-refractivity contribution in [1.82, 2.24) is 14.5 Å². The molecule has 144 valence electrons. The zero-order valence-electron chi connectivity index (χ0n) is 14.6. The Bertz CT molecular complexity index is 777. The van der Waals surface area contributed by atoms with E-state index < -0.39 is 15.8 Å². The Morgan fingerprint density at radius 2 is 1.96 bits per heavy atom. The average Bonchev–Trinajstić information content (AvgIpc) is 3.42. The van der Waals surface area contributed by atoms with Crippen LogP contribution in [-0.2, 0) is 14.8 Å². The molecule has 1 atom stereocenters. The third-order valence-electron chi connectivity index (χ3n) is 4.95. The van der Waals surface area contributed by atoms with Crippen LogP contribution >= 0.6 is 11.6 Å². The first kappa shape index (κ1) is 19.5. The SMILES string of the molecule is C[C@H](NC(=O)CN1CCN(S(=O)(=O)c2ccc(F)c(Cl)c2)CC1)C1CC1. The highest BCUT2D eigenvalue weighted by Gasteiger charge is 2.31. The van der Waals surface area contributed by atoms with Crippen LogP contribution in [0.15, 0.2) is 23.1 Å². The van der Waals surface area contributed by atoms with Gasteiger partial charge in [-0.3, -0.25) is 9.69 Å². The van der Waals surface area contributed by atoms with Crippen molar-refractivity contribution < 1.29 is 17.6 Å². The van der Waals surface area contributed by atoms with Gasteiger partial charge < -0.3 is 5.32 Å². The van der Waals surface area contributed by atoms with Gasteiger partial charge in [-0.2, -0.15) is 4.31 Å². The first-order chi connectivity index (χ1) is 12.3. The highest BCUT2D eigenvalue weighted by Crippen LogP contribution is 2.32. The monoisotopic (exact) mass is 403 g/mol. The second-order valence-electron chi connectivity index (χ2n) is 6.95. The van der Waals surface area contributed by atoms with Gasteiger partial charge in [-0.1, -0.05) is 11.6 Å². The molecule has 0 unspecified atom stereocenters. The van der Waals surface area contributed by atoms with Gasteiger partial charge in [-0.25, -0.2) is 12.8 Å². The smallest absolute Gasteiger partial charge is 0.243 e. The summed E-state index contributed by atoms with van der Waals surface area (Å²) in [5.41, 5.74) is 0. The van der Waals surface area contributed by atoms with Gasteiger partial charge >= 0.3 is 0 Å². The molecular weight excluding hydrogens is 381 g/mol. The molecule has 1 heterocycles. The number of rotatable bonds is 6. The van der Waals surface area contributed by atoms with E-state index in [2.05, 4.69) is 5.32 Å². The van der Waals surface area contributed by atoms with Crippen molar-refractivity contribution in [3.05, 3.63) is 29.0 Å². The summed E-state index contributed by atoms with van der Waals surface area (Å²) < 4.78 is 39.9. The Hall–Kier alpha value is -1.22. The van der Waals surface area contributed by atoms with E-state index in [1.807, 2.05) is 11.8 Å². The van der Waals surface area contributed by atoms with Crippen molar-refractivity contribution in [3.63, 3.8) is 0 Å². The summed E-state index contributed by atoms with van der Waals surface area (Å²) >= 11 is 5.70. The first-order valence-electron chi connectivity index (χ1n) is 8.74. The van der Waals surface area contributed by atoms with Gasteiger partial charge in [0.15, 0.2) is 0 Å². The Morgan fingerprint density at radius 1 is 1.31 bits per heavy atom. The molecule has 1 aliphatic heterocycles. The van der Waals surface area contributed by atoms with E-state index >= 15 is 0 Å². The predicted molar refractivity (Wildman–Crippen MR) is 96.9 cm³/mol. The van der Waals surface area contributed by atoms with E-state index in [4.69, 9.17) is 11.6 Å². The lowest BCUT2D eigenvalue weighted by molar-refractivity contribution is -0.123. The Morgan fingerprint density at radius 3 is 2.54 bits per heavy atom. The lowest BCUT2D eigenvalue weighted by Gasteiger charge is -2.33. The summed E-state index contributed by atoms with van der Waals surface area (Å²) in [6.45, 7) is 3.80. The Labute approximate surface area is 158 Å². The van der Waals surface area contributed by atoms with Crippen molar-refractivity contribution in [1.29, 1.82) is 0 Å². The van der Waals surface area contributed by atoms with Crippen LogP contribution in [-0.4, -0.2) is 62.3 Å². The Balaban J connectivity index is 1.53. The summed E-state index contributed by atoms with van der Waals surface area (Å²) in [4.78, 5) is 14.0. The molecule has 1 aromatic rings. The van der Waals surface area contributed by atoms with Crippen LogP contribution in [0.4, 0.5) is 4.39 Å². The van der Waals surface area contributed by atoms with E-state index in [0.717, 1.165) is 12.1 Å². The van der Waals surface area contributed by atoms with Gasteiger partial charge in [-0.05, 0) is 43.9 Å². The summed E-state index contributed by atoms with van der Waals surface area (Å²) in [6, 6.07) is 3.60. The maximum absolute atomic E-state index is 13.3. The van der Waals surface area contributed by atoms with Crippen LogP contribution in [0.25, 0.3) is 0 Å². The fourth-order valence-electron chi connectivity index (χ4n) is 3.13. The highest BCUT2D eigenvalue weighted by molar-refractivity contribution is 7.89. The number of hydrogen-bond donors (Lipinski definition) is 1. The fourth-order valence-corrected chi connectivity index (χ4v) is 4.83. The van der Waals surface area contributed by atoms with E-state index in [0.29, 0.717) is 19.0 Å². The molecule has 1 aromatic carbocycles. The highest BCUT2D eigenvalue weighted by atomic mass is 35.5. The van der Waals surface area contributed by atoms with Gasteiger partial charge in [-0.15, -0.1) is 0 Å². The molecule has 1 N–H and O–H groups in total. The van der Waals surface area contributed by atoms with Crippen LogP contribution < -0.4 is 5.32 Å². The molecule has 3 rings (SSSR count). The van der Waals surface area contributed by atoms with E-state index in [1.54, 1.807) is 0 Å². The van der Waals surface area contributed by atoms with Crippen LogP contribution in [0, 0.1) is 11.7 Å². The number of benzene rings is 1. The number of carbonyl (C=O) groups is 1. The second kappa shape index (κ2) is 7.80. The number of nitrogens with one attached hydrogen (secondary N) is 1. The van der Waals surface area contributed by atoms with E-state index in [-0.39, 0.29) is 41.5 Å². The van der Waals surface area contributed by atoms with E-state index in [1.165, 1.54) is 23.2 Å². The molecule has 0 bridgehead atoms. The number of nitrogens with zero attached hydrogens (tertiary/aromatic N) is 2. The minimum absolute atomic E-state index is 0.0200. The number of piperazine rings is 1. The standard InChI is InChI=1S/C17H23ClFN3O3S/c1-12(13-2-3-13)20-17(23)11-21-6-8-22(9-7-21)26(24,25)14-4-5-16(19)15(18)10-14/h4-5,10,12-13H,2-3,6-9,11H2,1H3,(H,20,23)/t12-/m0/s1. The van der Waals surface area contributed by atoms with Crippen molar-refractivity contribution in [2.75, 3.05) is 32.7 Å². The molecule has 0 radical (unpaired) electrons. The summed E-state index contributed by atoms with van der Waals surface area (Å²) in [5, 5.41) is 2.79. The number of hydrogen-bond acceptors (Lipinski definition) is 4. The lowest BCUT2D eigenvalue weighted by atomic mass is 10.2. The van der Waals surface area contributed by atoms with Crippen LogP contribution in [0.3, 0.4) is 0 Å². The van der Waals surface area contributed by atoms with Crippen molar-refractivity contribution >= 4 is 27.5 Å². The predicted octanol–water partition coefficient (Wildman–Crippen LogP) is 1.70. The number of amides is 1. The molecule has 2 fully saturated rings. The van der Waals surface area contributed by atoms with Crippen LogP contribution in [0.2, 0.25) is 5.02 Å². The number of sulfonamides is 1.